The molecule has 3 rings (SSSR count). The summed E-state index contributed by atoms with van der Waals surface area (Å²) in [6.45, 7) is 7.36. The molecule has 0 aliphatic rings. The van der Waals surface area contributed by atoms with Gasteiger partial charge in [0.25, 0.3) is 0 Å². The van der Waals surface area contributed by atoms with Gasteiger partial charge in [-0.05, 0) is 30.8 Å². The van der Waals surface area contributed by atoms with E-state index in [1.165, 1.54) is 5.56 Å². The van der Waals surface area contributed by atoms with E-state index in [0.29, 0.717) is 17.3 Å². The van der Waals surface area contributed by atoms with Crippen LogP contribution in [-0.4, -0.2) is 34.0 Å². The Labute approximate surface area is 152 Å². The number of anilines is 1. The van der Waals surface area contributed by atoms with E-state index in [0.717, 1.165) is 36.4 Å². The molecule has 0 atom stereocenters. The average Bonchev–Trinajstić information content (AvgIpc) is 2.96. The molecule has 5 nitrogen and oxygen atoms in total. The molecule has 0 saturated carbocycles. The number of carbonyl (C=O) groups excluding carboxylic acids is 1. The maximum absolute atomic E-state index is 10.8. The number of nitrogens with zero attached hydrogens (tertiary/aromatic N) is 3. The Morgan fingerprint density at radius 2 is 1.88 bits per heavy atom. The fourth-order valence-corrected chi connectivity index (χ4v) is 3.09. The van der Waals surface area contributed by atoms with Gasteiger partial charge in [-0.1, -0.05) is 49.7 Å². The number of benzene rings is 1. The van der Waals surface area contributed by atoms with E-state index in [1.807, 2.05) is 12.1 Å². The van der Waals surface area contributed by atoms with Crippen molar-refractivity contribution >= 4 is 29.3 Å². The Morgan fingerprint density at radius 3 is 2.52 bits per heavy atom. The van der Waals surface area contributed by atoms with Crippen LogP contribution in [0.15, 0.2) is 42.5 Å². The summed E-state index contributed by atoms with van der Waals surface area (Å²) in [5, 5.41) is 7.79. The lowest BCUT2D eigenvalue weighted by Crippen LogP contribution is -2.21. The molecule has 2 aromatic heterocycles. The highest BCUT2D eigenvalue weighted by Gasteiger charge is 2.10. The first-order valence-electron chi connectivity index (χ1n) is 8.36. The predicted molar refractivity (Wildman–Crippen MR) is 102 cm³/mol. The molecule has 1 N–H and O–H groups in total. The summed E-state index contributed by atoms with van der Waals surface area (Å²) in [6, 6.07) is 13.9. The minimum atomic E-state index is 0.551. The van der Waals surface area contributed by atoms with Gasteiger partial charge in [-0.3, -0.25) is 9.69 Å². The SMILES string of the molecule is CCN(CC)Cc1ccc(-c2ccc3c(Cl)cc(NC=O)n3n2)cc1. The van der Waals surface area contributed by atoms with E-state index in [9.17, 15) is 4.79 Å². The van der Waals surface area contributed by atoms with Gasteiger partial charge >= 0.3 is 0 Å². The van der Waals surface area contributed by atoms with Crippen LogP contribution in [0.2, 0.25) is 5.02 Å². The molecule has 0 spiro atoms. The van der Waals surface area contributed by atoms with Crippen molar-refractivity contribution in [2.45, 2.75) is 20.4 Å². The molecule has 0 radical (unpaired) electrons. The minimum absolute atomic E-state index is 0.551. The van der Waals surface area contributed by atoms with Gasteiger partial charge in [-0.25, -0.2) is 4.52 Å². The van der Waals surface area contributed by atoms with E-state index >= 15 is 0 Å². The maximum atomic E-state index is 10.8. The number of hydrogen-bond donors (Lipinski definition) is 1. The Hall–Kier alpha value is -2.37. The van der Waals surface area contributed by atoms with E-state index in [1.54, 1.807) is 10.6 Å². The summed E-state index contributed by atoms with van der Waals surface area (Å²) in [5.41, 5.74) is 3.88. The number of halogens is 1. The highest BCUT2D eigenvalue weighted by atomic mass is 35.5. The normalized spacial score (nSPS) is 11.2. The van der Waals surface area contributed by atoms with Crippen molar-refractivity contribution in [3.8, 4) is 11.3 Å². The van der Waals surface area contributed by atoms with Crippen molar-refractivity contribution < 1.29 is 4.79 Å². The second-order valence-corrected chi connectivity index (χ2v) is 6.22. The number of aromatic nitrogens is 2. The Balaban J connectivity index is 1.91. The number of nitrogens with one attached hydrogen (secondary N) is 1. The molecule has 130 valence electrons. The third-order valence-corrected chi connectivity index (χ3v) is 4.63. The molecule has 0 aliphatic heterocycles. The number of hydrogen-bond acceptors (Lipinski definition) is 3. The van der Waals surface area contributed by atoms with Gasteiger partial charge < -0.3 is 5.32 Å². The van der Waals surface area contributed by atoms with Gasteiger partial charge in [0.2, 0.25) is 6.41 Å². The fraction of sp³-hybridized carbons (Fsp3) is 0.263. The van der Waals surface area contributed by atoms with Crippen molar-refractivity contribution in [1.29, 1.82) is 0 Å². The number of fused-ring (bicyclic) bond motifs is 1. The van der Waals surface area contributed by atoms with E-state index in [-0.39, 0.29) is 0 Å². The molecular formula is C19H21ClN4O. The Kier molecular flexibility index (Phi) is 5.36. The molecule has 0 bridgehead atoms. The van der Waals surface area contributed by atoms with Gasteiger partial charge in [0.05, 0.1) is 16.2 Å². The summed E-state index contributed by atoms with van der Waals surface area (Å²) in [5.74, 6) is 0.551. The fourth-order valence-electron chi connectivity index (χ4n) is 2.85. The van der Waals surface area contributed by atoms with Crippen LogP contribution in [0.1, 0.15) is 19.4 Å². The molecule has 0 saturated heterocycles. The van der Waals surface area contributed by atoms with Gasteiger partial charge in [0.1, 0.15) is 5.82 Å². The van der Waals surface area contributed by atoms with Crippen molar-refractivity contribution in [2.24, 2.45) is 0 Å². The van der Waals surface area contributed by atoms with E-state index in [4.69, 9.17) is 11.6 Å². The third kappa shape index (κ3) is 3.67. The van der Waals surface area contributed by atoms with Crippen LogP contribution in [0.25, 0.3) is 16.8 Å². The van der Waals surface area contributed by atoms with Crippen LogP contribution in [0.4, 0.5) is 5.82 Å². The van der Waals surface area contributed by atoms with Crippen LogP contribution in [0, 0.1) is 0 Å². The Morgan fingerprint density at radius 1 is 1.16 bits per heavy atom. The lowest BCUT2D eigenvalue weighted by atomic mass is 10.1. The van der Waals surface area contributed by atoms with E-state index in [2.05, 4.69) is 53.4 Å². The van der Waals surface area contributed by atoms with E-state index < -0.39 is 0 Å². The lowest BCUT2D eigenvalue weighted by molar-refractivity contribution is -0.105. The highest BCUT2D eigenvalue weighted by Crippen LogP contribution is 2.27. The summed E-state index contributed by atoms with van der Waals surface area (Å²) in [7, 11) is 0. The molecule has 0 fully saturated rings. The zero-order chi connectivity index (χ0) is 17.8. The average molecular weight is 357 g/mol. The lowest BCUT2D eigenvalue weighted by Gasteiger charge is -2.18. The summed E-state index contributed by atoms with van der Waals surface area (Å²) < 4.78 is 1.65. The molecule has 0 aliphatic carbocycles. The first-order chi connectivity index (χ1) is 12.2. The second-order valence-electron chi connectivity index (χ2n) is 5.81. The van der Waals surface area contributed by atoms with Crippen molar-refractivity contribution in [2.75, 3.05) is 18.4 Å². The summed E-state index contributed by atoms with van der Waals surface area (Å²) in [6.07, 6.45) is 0.620. The van der Waals surface area contributed by atoms with Crippen LogP contribution < -0.4 is 5.32 Å². The standard InChI is InChI=1S/C19H21ClN4O/c1-3-23(4-2)12-14-5-7-15(8-6-14)17-9-10-18-16(20)11-19(21-13-25)24(18)22-17/h5-11,13H,3-4,12H2,1-2H3,(H,21,25). The molecule has 25 heavy (non-hydrogen) atoms. The minimum Gasteiger partial charge on any atom is -0.313 e. The first-order valence-corrected chi connectivity index (χ1v) is 8.74. The molecule has 0 unspecified atom stereocenters. The molecule has 2 heterocycles. The van der Waals surface area contributed by atoms with Crippen molar-refractivity contribution in [3.05, 3.63) is 53.1 Å². The monoisotopic (exact) mass is 356 g/mol. The van der Waals surface area contributed by atoms with Crippen LogP contribution in [-0.2, 0) is 11.3 Å². The quantitative estimate of drug-likeness (QED) is 0.649. The number of carbonyl (C=O) groups is 1. The first kappa shape index (κ1) is 17.5. The largest absolute Gasteiger partial charge is 0.313 e. The summed E-state index contributed by atoms with van der Waals surface area (Å²) >= 11 is 6.19. The van der Waals surface area contributed by atoms with Crippen LogP contribution >= 0.6 is 11.6 Å². The maximum Gasteiger partial charge on any atom is 0.212 e. The molecular weight excluding hydrogens is 336 g/mol. The molecule has 6 heteroatoms. The zero-order valence-electron chi connectivity index (χ0n) is 14.4. The van der Waals surface area contributed by atoms with Gasteiger partial charge in [-0.15, -0.1) is 0 Å². The van der Waals surface area contributed by atoms with Crippen LogP contribution in [0.5, 0.6) is 0 Å². The molecule has 1 amide bonds. The van der Waals surface area contributed by atoms with Gasteiger partial charge in [-0.2, -0.15) is 5.10 Å². The van der Waals surface area contributed by atoms with Crippen molar-refractivity contribution in [3.63, 3.8) is 0 Å². The number of rotatable bonds is 7. The van der Waals surface area contributed by atoms with Gasteiger partial charge in [0, 0.05) is 18.2 Å². The third-order valence-electron chi connectivity index (χ3n) is 4.33. The van der Waals surface area contributed by atoms with Gasteiger partial charge in [0.15, 0.2) is 0 Å². The number of amides is 1. The highest BCUT2D eigenvalue weighted by molar-refractivity contribution is 6.34. The zero-order valence-corrected chi connectivity index (χ0v) is 15.1. The topological polar surface area (TPSA) is 49.6 Å². The summed E-state index contributed by atoms with van der Waals surface area (Å²) in [4.78, 5) is 13.1. The van der Waals surface area contributed by atoms with Crippen molar-refractivity contribution in [1.82, 2.24) is 14.5 Å². The second kappa shape index (κ2) is 7.68. The van der Waals surface area contributed by atoms with Crippen LogP contribution in [0.3, 0.4) is 0 Å². The Bertz CT molecular complexity index is 869. The smallest absolute Gasteiger partial charge is 0.212 e. The molecule has 3 aromatic rings. The predicted octanol–water partition coefficient (Wildman–Crippen LogP) is 4.06. The molecule has 1 aromatic carbocycles.